The summed E-state index contributed by atoms with van der Waals surface area (Å²) < 4.78 is 29.3. The average Bonchev–Trinajstić information content (AvgIpc) is 2.61. The summed E-state index contributed by atoms with van der Waals surface area (Å²) in [6.07, 6.45) is 1.41. The molecule has 27 heavy (non-hydrogen) atoms. The molecule has 1 unspecified atom stereocenters. The zero-order valence-corrected chi connectivity index (χ0v) is 15.5. The highest BCUT2D eigenvalue weighted by atomic mass is 32.2. The molecule has 2 aromatic rings. The quantitative estimate of drug-likeness (QED) is 0.813. The summed E-state index contributed by atoms with van der Waals surface area (Å²) in [6.45, 7) is 0.516. The van der Waals surface area contributed by atoms with E-state index < -0.39 is 27.8 Å². The van der Waals surface area contributed by atoms with Crippen LogP contribution in [0.3, 0.4) is 0 Å². The van der Waals surface area contributed by atoms with Crippen molar-refractivity contribution >= 4 is 27.4 Å². The number of ether oxygens (including phenoxy) is 1. The van der Waals surface area contributed by atoms with Gasteiger partial charge in [-0.05, 0) is 35.7 Å². The molecule has 0 bridgehead atoms. The van der Waals surface area contributed by atoms with Crippen LogP contribution in [0.4, 0.5) is 5.69 Å². The van der Waals surface area contributed by atoms with Crippen molar-refractivity contribution in [1.29, 1.82) is 0 Å². The molecule has 1 amide bonds. The van der Waals surface area contributed by atoms with E-state index >= 15 is 0 Å². The minimum absolute atomic E-state index is 0.0442. The number of fused-ring (bicyclic) bond motifs is 1. The van der Waals surface area contributed by atoms with Crippen molar-refractivity contribution in [3.05, 3.63) is 59.2 Å². The van der Waals surface area contributed by atoms with Crippen molar-refractivity contribution in [3.63, 3.8) is 0 Å². The Balaban J connectivity index is 1.81. The Morgan fingerprint density at radius 3 is 2.67 bits per heavy atom. The highest BCUT2D eigenvalue weighted by Crippen LogP contribution is 2.30. The third-order valence-electron chi connectivity index (χ3n) is 4.33. The van der Waals surface area contributed by atoms with Crippen LogP contribution in [-0.4, -0.2) is 38.3 Å². The van der Waals surface area contributed by atoms with Crippen LogP contribution in [0.25, 0.3) is 0 Å². The Hall–Kier alpha value is -2.71. The van der Waals surface area contributed by atoms with Gasteiger partial charge in [0.25, 0.3) is 0 Å². The molecule has 1 heterocycles. The van der Waals surface area contributed by atoms with Gasteiger partial charge in [0.05, 0.1) is 29.6 Å². The molecule has 2 N–H and O–H groups in total. The smallest absolute Gasteiger partial charge is 0.335 e. The number of carbonyl (C=O) groups is 2. The van der Waals surface area contributed by atoms with Gasteiger partial charge in [-0.2, -0.15) is 0 Å². The van der Waals surface area contributed by atoms with Gasteiger partial charge < -0.3 is 15.2 Å². The molecule has 0 aliphatic carbocycles. The van der Waals surface area contributed by atoms with Crippen LogP contribution < -0.4 is 5.32 Å². The van der Waals surface area contributed by atoms with Crippen LogP contribution in [-0.2, 0) is 25.8 Å². The number of benzene rings is 2. The molecule has 0 spiro atoms. The first kappa shape index (κ1) is 19.1. The first-order chi connectivity index (χ1) is 12.7. The summed E-state index contributed by atoms with van der Waals surface area (Å²) in [4.78, 5) is 23.5. The summed E-state index contributed by atoms with van der Waals surface area (Å²) in [7, 11) is -3.62. The summed E-state index contributed by atoms with van der Waals surface area (Å²) >= 11 is 0. The number of amides is 1. The zero-order valence-electron chi connectivity index (χ0n) is 14.6. The third-order valence-corrected chi connectivity index (χ3v) is 5.42. The molecule has 0 saturated carbocycles. The predicted octanol–water partition coefficient (Wildman–Crippen LogP) is 2.43. The van der Waals surface area contributed by atoms with Crippen LogP contribution in [0.15, 0.2) is 47.4 Å². The van der Waals surface area contributed by atoms with E-state index in [0.29, 0.717) is 6.61 Å². The fourth-order valence-electron chi connectivity index (χ4n) is 3.03. The van der Waals surface area contributed by atoms with Gasteiger partial charge in [-0.25, -0.2) is 13.2 Å². The van der Waals surface area contributed by atoms with Crippen molar-refractivity contribution in [2.45, 2.75) is 23.8 Å². The molecule has 0 saturated heterocycles. The molecule has 0 radical (unpaired) electrons. The number of nitrogens with one attached hydrogen (secondary N) is 1. The predicted molar refractivity (Wildman–Crippen MR) is 98.6 cm³/mol. The number of hydrogen-bond donors (Lipinski definition) is 2. The number of hydrogen-bond acceptors (Lipinski definition) is 5. The molecule has 1 aliphatic heterocycles. The molecule has 142 valence electrons. The Kier molecular flexibility index (Phi) is 5.29. The molecular formula is C19H19NO6S. The van der Waals surface area contributed by atoms with E-state index in [2.05, 4.69) is 5.32 Å². The number of rotatable bonds is 5. The van der Waals surface area contributed by atoms with Gasteiger partial charge in [-0.1, -0.05) is 24.3 Å². The van der Waals surface area contributed by atoms with Crippen molar-refractivity contribution in [2.75, 3.05) is 18.2 Å². The standard InChI is InChI=1S/C19H19NO6S/c1-27(24,25)15-9-13(19(22)23)8-14(10-15)20-18(21)11-17-16-5-3-2-4-12(16)6-7-26-17/h2-5,8-10,17H,6-7,11H2,1H3,(H,20,21)(H,22,23). The van der Waals surface area contributed by atoms with Gasteiger partial charge >= 0.3 is 5.97 Å². The second-order valence-electron chi connectivity index (χ2n) is 6.38. The molecule has 0 aromatic heterocycles. The summed E-state index contributed by atoms with van der Waals surface area (Å²) in [5.74, 6) is -1.67. The Bertz CT molecular complexity index is 999. The van der Waals surface area contributed by atoms with E-state index in [9.17, 15) is 23.1 Å². The second-order valence-corrected chi connectivity index (χ2v) is 8.40. The first-order valence-electron chi connectivity index (χ1n) is 8.32. The molecule has 0 fully saturated rings. The number of aromatic carboxylic acids is 1. The molecule has 1 aliphatic rings. The maximum Gasteiger partial charge on any atom is 0.335 e. The van der Waals surface area contributed by atoms with Crippen molar-refractivity contribution in [1.82, 2.24) is 0 Å². The zero-order chi connectivity index (χ0) is 19.6. The fraction of sp³-hybridized carbons (Fsp3) is 0.263. The Labute approximate surface area is 156 Å². The number of carboxylic acid groups (broad SMARTS) is 1. The van der Waals surface area contributed by atoms with Gasteiger partial charge in [0.2, 0.25) is 5.91 Å². The molecule has 7 nitrogen and oxygen atoms in total. The molecule has 2 aromatic carbocycles. The van der Waals surface area contributed by atoms with Crippen LogP contribution in [0.1, 0.15) is 34.0 Å². The molecule has 8 heteroatoms. The lowest BCUT2D eigenvalue weighted by molar-refractivity contribution is -0.119. The Morgan fingerprint density at radius 2 is 1.96 bits per heavy atom. The number of carboxylic acids is 1. The first-order valence-corrected chi connectivity index (χ1v) is 10.2. The fourth-order valence-corrected chi connectivity index (χ4v) is 3.72. The van der Waals surface area contributed by atoms with E-state index in [1.54, 1.807) is 0 Å². The third kappa shape index (κ3) is 4.53. The minimum atomic E-state index is -3.62. The molecule has 3 rings (SSSR count). The van der Waals surface area contributed by atoms with E-state index in [1.807, 2.05) is 24.3 Å². The van der Waals surface area contributed by atoms with E-state index in [0.717, 1.165) is 29.9 Å². The van der Waals surface area contributed by atoms with Gasteiger partial charge in [0, 0.05) is 11.9 Å². The van der Waals surface area contributed by atoms with Gasteiger partial charge in [-0.15, -0.1) is 0 Å². The highest BCUT2D eigenvalue weighted by Gasteiger charge is 2.23. The number of anilines is 1. The number of carbonyl (C=O) groups excluding carboxylic acids is 1. The average molecular weight is 389 g/mol. The maximum atomic E-state index is 12.4. The van der Waals surface area contributed by atoms with E-state index in [4.69, 9.17) is 4.74 Å². The van der Waals surface area contributed by atoms with Crippen LogP contribution in [0, 0.1) is 0 Å². The second kappa shape index (κ2) is 7.50. The van der Waals surface area contributed by atoms with E-state index in [-0.39, 0.29) is 22.6 Å². The lowest BCUT2D eigenvalue weighted by Gasteiger charge is -2.25. The summed E-state index contributed by atoms with van der Waals surface area (Å²) in [5, 5.41) is 11.8. The van der Waals surface area contributed by atoms with Gasteiger partial charge in [0.1, 0.15) is 0 Å². The number of sulfone groups is 1. The van der Waals surface area contributed by atoms with Crippen molar-refractivity contribution < 1.29 is 27.9 Å². The van der Waals surface area contributed by atoms with Gasteiger partial charge in [-0.3, -0.25) is 4.79 Å². The van der Waals surface area contributed by atoms with Crippen LogP contribution >= 0.6 is 0 Å². The van der Waals surface area contributed by atoms with Crippen molar-refractivity contribution in [3.8, 4) is 0 Å². The maximum absolute atomic E-state index is 12.4. The normalized spacial score (nSPS) is 16.4. The Morgan fingerprint density at radius 1 is 1.22 bits per heavy atom. The highest BCUT2D eigenvalue weighted by molar-refractivity contribution is 7.90. The van der Waals surface area contributed by atoms with Crippen molar-refractivity contribution in [2.24, 2.45) is 0 Å². The molecular weight excluding hydrogens is 370 g/mol. The van der Waals surface area contributed by atoms with E-state index in [1.165, 1.54) is 12.1 Å². The molecule has 1 atom stereocenters. The monoisotopic (exact) mass is 389 g/mol. The van der Waals surface area contributed by atoms with Crippen LogP contribution in [0.5, 0.6) is 0 Å². The largest absolute Gasteiger partial charge is 0.478 e. The summed E-state index contributed by atoms with van der Waals surface area (Å²) in [5.41, 5.74) is 1.99. The van der Waals surface area contributed by atoms with Gasteiger partial charge in [0.15, 0.2) is 9.84 Å². The lowest BCUT2D eigenvalue weighted by atomic mass is 9.95. The van der Waals surface area contributed by atoms with Crippen LogP contribution in [0.2, 0.25) is 0 Å². The minimum Gasteiger partial charge on any atom is -0.478 e. The lowest BCUT2D eigenvalue weighted by Crippen LogP contribution is -2.22. The SMILES string of the molecule is CS(=O)(=O)c1cc(NC(=O)CC2OCCc3ccccc32)cc(C(=O)O)c1. The summed E-state index contributed by atoms with van der Waals surface area (Å²) in [6, 6.07) is 11.3. The topological polar surface area (TPSA) is 110 Å².